The van der Waals surface area contributed by atoms with Crippen molar-refractivity contribution in [2.75, 3.05) is 0 Å². The van der Waals surface area contributed by atoms with E-state index in [1.54, 1.807) is 36.4 Å². The van der Waals surface area contributed by atoms with Crippen molar-refractivity contribution in [2.45, 2.75) is 33.1 Å². The Morgan fingerprint density at radius 3 is 1.01 bits per heavy atom. The van der Waals surface area contributed by atoms with Gasteiger partial charge in [-0.1, -0.05) is 168 Å². The maximum Gasteiger partial charge on any atom is 2.00 e. The number of rotatable bonds is 12. The Bertz CT molecular complexity index is 4940. The van der Waals surface area contributed by atoms with Crippen molar-refractivity contribution in [1.82, 2.24) is 49.0 Å². The van der Waals surface area contributed by atoms with E-state index in [0.29, 0.717) is 42.0 Å². The number of pyridine rings is 6. The monoisotopic (exact) mass is 1830 g/mol. The molecule has 0 aliphatic heterocycles. The van der Waals surface area contributed by atoms with Crippen molar-refractivity contribution < 1.29 is 80.8 Å². The van der Waals surface area contributed by atoms with Gasteiger partial charge in [-0.3, -0.25) is 37.5 Å². The van der Waals surface area contributed by atoms with E-state index in [0.717, 1.165) is 125 Å². The number of halogens is 4. The predicted octanol–water partition coefficient (Wildman–Crippen LogP) is 17.8. The van der Waals surface area contributed by atoms with Gasteiger partial charge in [0.1, 0.15) is 0 Å². The van der Waals surface area contributed by atoms with Gasteiger partial charge in [0.05, 0.1) is 0 Å². The number of hydrogen-bond acceptors (Lipinski definition) is 6. The maximum absolute atomic E-state index is 14.0. The molecule has 0 radical (unpaired) electrons. The van der Waals surface area contributed by atoms with Gasteiger partial charge in [-0.25, -0.2) is 0 Å². The fraction of sp³-hybridized carbons (Fsp3) is 0.0864. The third-order valence-electron chi connectivity index (χ3n) is 16.6. The van der Waals surface area contributed by atoms with Crippen molar-refractivity contribution in [1.29, 1.82) is 0 Å². The molecule has 0 aliphatic carbocycles. The Morgan fingerprint density at radius 1 is 0.357 bits per heavy atom. The molecule has 0 aliphatic rings. The van der Waals surface area contributed by atoms with Crippen LogP contribution < -0.4 is 9.97 Å². The minimum Gasteiger partial charge on any atom is -0.655 e. The molecule has 0 saturated carbocycles. The minimum atomic E-state index is -0.753. The fourth-order valence-electron chi connectivity index (χ4n) is 11.9. The summed E-state index contributed by atoms with van der Waals surface area (Å²) in [5, 5.41) is 4.56. The fourth-order valence-corrected chi connectivity index (χ4v) is 11.9. The molecule has 16 rings (SSSR count). The van der Waals surface area contributed by atoms with Crippen LogP contribution in [0.2, 0.25) is 0 Å². The van der Waals surface area contributed by atoms with Gasteiger partial charge in [-0.15, -0.1) is 93.9 Å². The molecule has 17 heteroatoms. The van der Waals surface area contributed by atoms with E-state index >= 15 is 0 Å². The van der Waals surface area contributed by atoms with Crippen molar-refractivity contribution >= 4 is 43.6 Å². The third kappa shape index (κ3) is 15.0. The summed E-state index contributed by atoms with van der Waals surface area (Å²) in [6, 6.07) is 83.5. The first kappa shape index (κ1) is 69.5. The Kier molecular flexibility index (Phi) is 21.8. The molecule has 0 spiro atoms. The van der Waals surface area contributed by atoms with Crippen molar-refractivity contribution in [3.8, 4) is 68.1 Å². The summed E-state index contributed by atoms with van der Waals surface area (Å²) < 4.78 is 58.5. The van der Waals surface area contributed by atoms with Crippen LogP contribution in [0.15, 0.2) is 231 Å². The molecule has 0 N–H and O–H groups in total. The van der Waals surface area contributed by atoms with Crippen LogP contribution in [-0.4, -0.2) is 39.0 Å². The smallest absolute Gasteiger partial charge is 0.655 e. The number of fused-ring (bicyclic) bond motifs is 4. The first-order valence-electron chi connectivity index (χ1n) is 30.8. The molecule has 16 aromatic rings. The summed E-state index contributed by atoms with van der Waals surface area (Å²) in [5.41, 5.74) is 20.0. The molecule has 488 valence electrons. The van der Waals surface area contributed by atoms with E-state index < -0.39 is 23.3 Å². The molecule has 6 aromatic carbocycles. The number of nitrogens with zero attached hydrogens (tertiary/aromatic N) is 10. The number of aryl methyl sites for hydroxylation is 4. The van der Waals surface area contributed by atoms with Gasteiger partial charge >= 0.3 is 63.2 Å². The first-order chi connectivity index (χ1) is 46.3. The Morgan fingerprint density at radius 2 is 0.663 bits per heavy atom. The van der Waals surface area contributed by atoms with Crippen LogP contribution in [0, 0.1) is 61.4 Å². The van der Waals surface area contributed by atoms with Gasteiger partial charge in [-0.05, 0) is 107 Å². The van der Waals surface area contributed by atoms with Crippen molar-refractivity contribution in [2.24, 2.45) is 14.1 Å². The minimum absolute atomic E-state index is 0. The second kappa shape index (κ2) is 30.7. The summed E-state index contributed by atoms with van der Waals surface area (Å²) in [6.07, 6.45) is 1.61. The average Bonchev–Trinajstić information content (AvgIpc) is 1.63. The van der Waals surface area contributed by atoms with Gasteiger partial charge in [0.2, 0.25) is 0 Å². The molecule has 98 heavy (non-hydrogen) atoms. The van der Waals surface area contributed by atoms with Crippen LogP contribution in [0.4, 0.5) is 17.6 Å². The first-order valence-corrected chi connectivity index (χ1v) is 30.8. The van der Waals surface area contributed by atoms with Crippen LogP contribution in [-0.2, 0) is 96.6 Å². The molecule has 0 fully saturated rings. The molecular weight excluding hydrogens is 1770 g/mol. The molecule has 0 atom stereocenters. The SMILES string of the molecule is Cc1c(-c2cccc(Cc3cccc(-c4[n-]c5ccccc5c4C)n3)n2)[n-]c2ccccc12.Cn1c(-c2cccc(Cc3cccc(-c4[c-]c5ccccc5n4C)n3)n2)[c-]c2ccccc21.Fc1c[c-]c(-c2cccc(Cc3cccc(-c4[c-]cc(F)cc4F)n3)n2)c(F)c1.[Pt+2].[Pt+2].[Pt+2]. The number of benzene rings is 6. The van der Waals surface area contributed by atoms with E-state index in [-0.39, 0.29) is 74.3 Å². The van der Waals surface area contributed by atoms with E-state index in [1.807, 2.05) is 60.7 Å². The van der Waals surface area contributed by atoms with E-state index in [9.17, 15) is 17.6 Å². The van der Waals surface area contributed by atoms with Crippen LogP contribution in [0.3, 0.4) is 0 Å². The van der Waals surface area contributed by atoms with Gasteiger partial charge in [0.25, 0.3) is 0 Å². The molecule has 0 amide bonds. The number of hydrogen-bond donors (Lipinski definition) is 0. The molecule has 0 unspecified atom stereocenters. The zero-order chi connectivity index (χ0) is 65.1. The molecular formula is C81H56F4N10Pt3. The Hall–Kier alpha value is -9.84. The van der Waals surface area contributed by atoms with Crippen molar-refractivity contribution in [3.63, 3.8) is 0 Å². The quantitative estimate of drug-likeness (QED) is 0.0877. The zero-order valence-electron chi connectivity index (χ0n) is 53.0. The largest absolute Gasteiger partial charge is 2.00 e. The molecule has 10 aromatic heterocycles. The molecule has 10 heterocycles. The van der Waals surface area contributed by atoms with Crippen LogP contribution in [0.25, 0.3) is 112 Å². The summed E-state index contributed by atoms with van der Waals surface area (Å²) in [7, 11) is 4.13. The normalized spacial score (nSPS) is 10.9. The summed E-state index contributed by atoms with van der Waals surface area (Å²) in [4.78, 5) is 38.2. The molecule has 0 saturated heterocycles. The summed E-state index contributed by atoms with van der Waals surface area (Å²) in [6.45, 7) is 4.23. The number of aromatic nitrogens is 10. The predicted molar refractivity (Wildman–Crippen MR) is 366 cm³/mol. The topological polar surface area (TPSA) is 115 Å². The molecule has 0 bridgehead atoms. The van der Waals surface area contributed by atoms with Gasteiger partial charge in [-0.2, -0.15) is 0 Å². The van der Waals surface area contributed by atoms with Crippen LogP contribution in [0.5, 0.6) is 0 Å². The van der Waals surface area contributed by atoms with Gasteiger partial charge < -0.3 is 29.1 Å². The van der Waals surface area contributed by atoms with Crippen LogP contribution >= 0.6 is 0 Å². The second-order valence-corrected chi connectivity index (χ2v) is 23.0. The van der Waals surface area contributed by atoms with E-state index in [1.165, 1.54) is 21.9 Å². The van der Waals surface area contributed by atoms with Crippen LogP contribution in [0.1, 0.15) is 45.3 Å². The number of para-hydroxylation sites is 4. The van der Waals surface area contributed by atoms with E-state index in [2.05, 4.69) is 181 Å². The molecule has 10 nitrogen and oxygen atoms in total. The second-order valence-electron chi connectivity index (χ2n) is 23.0. The maximum atomic E-state index is 14.0. The summed E-state index contributed by atoms with van der Waals surface area (Å²) >= 11 is 0. The van der Waals surface area contributed by atoms with Gasteiger partial charge in [0.15, 0.2) is 0 Å². The summed E-state index contributed by atoms with van der Waals surface area (Å²) in [5.74, 6) is -2.93. The standard InChI is InChI=1S/2C29H22N4.C23H12F4N2.3Pt/c1-18-22-11-3-5-13-24(22)32-28(18)26-15-7-9-20(30-26)17-21-10-8-16-27(31-21)29-19(2)23-12-4-6-14-25(23)33-29;1-32-26-15-5-3-9-20(26)17-28(32)24-13-7-11-22(30-24)19-23-12-8-14-25(31-23)29-18-21-10-4-6-16-27(21)33(29)2;24-14-7-9-18(20(26)11-14)22-5-1-3-16(28-22)13-17-4-2-6-23(29-17)19-10-8-15(25)12-21(19)27;;;/h3-16H,17H2,1-2H3;3-16H,19H2,1-2H3;1-8,11-12H,13H2;;;/q3*-2;3*+2. The van der Waals surface area contributed by atoms with E-state index in [4.69, 9.17) is 29.9 Å². The Labute approximate surface area is 607 Å². The average molecular weight is 1830 g/mol. The zero-order valence-corrected chi connectivity index (χ0v) is 59.8. The Balaban J connectivity index is 0.000000147. The van der Waals surface area contributed by atoms with Gasteiger partial charge in [0, 0.05) is 114 Å². The third-order valence-corrected chi connectivity index (χ3v) is 16.6. The van der Waals surface area contributed by atoms with Crippen molar-refractivity contribution in [3.05, 3.63) is 323 Å².